The first-order valence-electron chi connectivity index (χ1n) is 6.28. The van der Waals surface area contributed by atoms with Crippen LogP contribution in [0.5, 0.6) is 0 Å². The van der Waals surface area contributed by atoms with Crippen LogP contribution in [0.1, 0.15) is 51.4 Å². The molecule has 3 nitrogen and oxygen atoms in total. The van der Waals surface area contributed by atoms with Gasteiger partial charge in [0, 0.05) is 0 Å². The molecule has 15 heavy (non-hydrogen) atoms. The van der Waals surface area contributed by atoms with Crippen LogP contribution < -0.4 is 11.1 Å². The van der Waals surface area contributed by atoms with Crippen LogP contribution in [0.3, 0.4) is 0 Å². The standard InChI is InChI=1S/C12H22N2O/c13-11(15)12(7-8-12)14-9-10-5-3-1-2-4-6-10/h10,14H,1-9H2,(H2,13,15). The molecule has 0 aromatic heterocycles. The number of primary amides is 1. The molecule has 0 aromatic carbocycles. The maximum absolute atomic E-state index is 11.2. The molecule has 2 aliphatic carbocycles. The van der Waals surface area contributed by atoms with Crippen molar-refractivity contribution in [3.8, 4) is 0 Å². The largest absolute Gasteiger partial charge is 0.368 e. The van der Waals surface area contributed by atoms with E-state index < -0.39 is 0 Å². The van der Waals surface area contributed by atoms with Crippen LogP contribution in [0.15, 0.2) is 0 Å². The molecule has 0 unspecified atom stereocenters. The third-order valence-electron chi connectivity index (χ3n) is 3.93. The molecule has 3 heteroatoms. The average Bonchev–Trinajstić information content (AvgIpc) is 3.01. The second kappa shape index (κ2) is 4.52. The van der Waals surface area contributed by atoms with Crippen LogP contribution in [-0.4, -0.2) is 18.0 Å². The van der Waals surface area contributed by atoms with Gasteiger partial charge in [0.25, 0.3) is 0 Å². The van der Waals surface area contributed by atoms with E-state index in [9.17, 15) is 4.79 Å². The van der Waals surface area contributed by atoms with Crippen molar-refractivity contribution in [2.75, 3.05) is 6.54 Å². The van der Waals surface area contributed by atoms with Crippen LogP contribution in [0.4, 0.5) is 0 Å². The van der Waals surface area contributed by atoms with Gasteiger partial charge in [-0.2, -0.15) is 0 Å². The Kier molecular flexibility index (Phi) is 3.29. The molecular weight excluding hydrogens is 188 g/mol. The van der Waals surface area contributed by atoms with Gasteiger partial charge in [-0.3, -0.25) is 4.79 Å². The molecule has 0 spiro atoms. The van der Waals surface area contributed by atoms with Gasteiger partial charge in [-0.25, -0.2) is 0 Å². The highest BCUT2D eigenvalue weighted by Crippen LogP contribution is 2.35. The minimum Gasteiger partial charge on any atom is -0.368 e. The molecule has 0 aliphatic heterocycles. The van der Waals surface area contributed by atoms with Crippen LogP contribution >= 0.6 is 0 Å². The summed E-state index contributed by atoms with van der Waals surface area (Å²) in [5.41, 5.74) is 5.06. The predicted octanol–water partition coefficient (Wildman–Crippen LogP) is 1.56. The Balaban J connectivity index is 1.74. The summed E-state index contributed by atoms with van der Waals surface area (Å²) in [6, 6.07) is 0. The quantitative estimate of drug-likeness (QED) is 0.692. The molecule has 0 radical (unpaired) electrons. The summed E-state index contributed by atoms with van der Waals surface area (Å²) < 4.78 is 0. The average molecular weight is 210 g/mol. The van der Waals surface area contributed by atoms with E-state index in [2.05, 4.69) is 5.32 Å². The highest BCUT2D eigenvalue weighted by Gasteiger charge is 2.48. The van der Waals surface area contributed by atoms with Crippen molar-refractivity contribution in [2.24, 2.45) is 11.7 Å². The molecular formula is C12H22N2O. The number of carbonyl (C=O) groups excluding carboxylic acids is 1. The van der Waals surface area contributed by atoms with Gasteiger partial charge >= 0.3 is 0 Å². The number of nitrogens with one attached hydrogen (secondary N) is 1. The van der Waals surface area contributed by atoms with E-state index in [4.69, 9.17) is 5.73 Å². The van der Waals surface area contributed by atoms with Crippen molar-refractivity contribution in [1.82, 2.24) is 5.32 Å². The zero-order valence-electron chi connectivity index (χ0n) is 9.43. The van der Waals surface area contributed by atoms with Crippen LogP contribution in [0.2, 0.25) is 0 Å². The van der Waals surface area contributed by atoms with Crippen LogP contribution in [0, 0.1) is 5.92 Å². The maximum Gasteiger partial charge on any atom is 0.237 e. The van der Waals surface area contributed by atoms with E-state index in [0.717, 1.165) is 25.3 Å². The Morgan fingerprint density at radius 3 is 2.27 bits per heavy atom. The lowest BCUT2D eigenvalue weighted by molar-refractivity contribution is -0.121. The Morgan fingerprint density at radius 1 is 1.20 bits per heavy atom. The molecule has 2 fully saturated rings. The number of hydrogen-bond acceptors (Lipinski definition) is 2. The lowest BCUT2D eigenvalue weighted by atomic mass is 10.00. The third kappa shape index (κ3) is 2.71. The fourth-order valence-corrected chi connectivity index (χ4v) is 2.54. The lowest BCUT2D eigenvalue weighted by Gasteiger charge is -2.19. The van der Waals surface area contributed by atoms with E-state index in [1.807, 2.05) is 0 Å². The first-order chi connectivity index (χ1) is 7.23. The Bertz CT molecular complexity index is 228. The lowest BCUT2D eigenvalue weighted by Crippen LogP contribution is -2.45. The summed E-state index contributed by atoms with van der Waals surface area (Å²) in [6.07, 6.45) is 10.0. The first-order valence-corrected chi connectivity index (χ1v) is 6.28. The van der Waals surface area contributed by atoms with Crippen molar-refractivity contribution < 1.29 is 4.79 Å². The van der Waals surface area contributed by atoms with E-state index in [1.165, 1.54) is 38.5 Å². The molecule has 2 rings (SSSR count). The van der Waals surface area contributed by atoms with Gasteiger partial charge in [0.05, 0.1) is 5.54 Å². The number of rotatable bonds is 4. The van der Waals surface area contributed by atoms with Crippen molar-refractivity contribution in [3.63, 3.8) is 0 Å². The van der Waals surface area contributed by atoms with Crippen molar-refractivity contribution in [1.29, 1.82) is 0 Å². The number of carbonyl (C=O) groups is 1. The van der Waals surface area contributed by atoms with E-state index in [1.54, 1.807) is 0 Å². The number of hydrogen-bond donors (Lipinski definition) is 2. The molecule has 2 aliphatic rings. The Morgan fingerprint density at radius 2 is 1.80 bits per heavy atom. The zero-order chi connectivity index (χ0) is 10.7. The highest BCUT2D eigenvalue weighted by molar-refractivity contribution is 5.87. The fraction of sp³-hybridized carbons (Fsp3) is 0.917. The van der Waals surface area contributed by atoms with Crippen molar-refractivity contribution >= 4 is 5.91 Å². The normalized spacial score (nSPS) is 25.9. The van der Waals surface area contributed by atoms with Gasteiger partial charge in [-0.15, -0.1) is 0 Å². The van der Waals surface area contributed by atoms with Gasteiger partial charge in [-0.1, -0.05) is 25.7 Å². The Labute approximate surface area is 91.8 Å². The minimum absolute atomic E-state index is 0.156. The molecule has 0 aromatic rings. The zero-order valence-corrected chi connectivity index (χ0v) is 9.43. The molecule has 0 saturated heterocycles. The Hall–Kier alpha value is -0.570. The van der Waals surface area contributed by atoms with Gasteiger partial charge in [0.1, 0.15) is 0 Å². The van der Waals surface area contributed by atoms with Crippen molar-refractivity contribution in [2.45, 2.75) is 56.9 Å². The summed E-state index contributed by atoms with van der Waals surface area (Å²) in [6.45, 7) is 0.989. The van der Waals surface area contributed by atoms with Crippen molar-refractivity contribution in [3.05, 3.63) is 0 Å². The van der Waals surface area contributed by atoms with Gasteiger partial charge < -0.3 is 11.1 Å². The summed E-state index contributed by atoms with van der Waals surface area (Å²) in [4.78, 5) is 11.2. The summed E-state index contributed by atoms with van der Waals surface area (Å²) >= 11 is 0. The molecule has 0 bridgehead atoms. The topological polar surface area (TPSA) is 55.1 Å². The smallest absolute Gasteiger partial charge is 0.237 e. The van der Waals surface area contributed by atoms with Crippen LogP contribution in [0.25, 0.3) is 0 Å². The summed E-state index contributed by atoms with van der Waals surface area (Å²) in [5, 5.41) is 3.39. The van der Waals surface area contributed by atoms with Crippen LogP contribution in [-0.2, 0) is 4.79 Å². The molecule has 86 valence electrons. The number of nitrogens with two attached hydrogens (primary N) is 1. The maximum atomic E-state index is 11.2. The second-order valence-corrected chi connectivity index (χ2v) is 5.18. The third-order valence-corrected chi connectivity index (χ3v) is 3.93. The van der Waals surface area contributed by atoms with Gasteiger partial charge in [0.2, 0.25) is 5.91 Å². The predicted molar refractivity (Wildman–Crippen MR) is 60.4 cm³/mol. The summed E-state index contributed by atoms with van der Waals surface area (Å²) in [7, 11) is 0. The summed E-state index contributed by atoms with van der Waals surface area (Å²) in [5.74, 6) is 0.612. The SMILES string of the molecule is NC(=O)C1(NCC2CCCCCC2)CC1. The van der Waals surface area contributed by atoms with E-state index in [-0.39, 0.29) is 11.4 Å². The van der Waals surface area contributed by atoms with E-state index in [0.29, 0.717) is 0 Å². The fourth-order valence-electron chi connectivity index (χ4n) is 2.54. The number of amides is 1. The van der Waals surface area contributed by atoms with Gasteiger partial charge in [-0.05, 0) is 38.1 Å². The molecule has 0 atom stereocenters. The first kappa shape index (κ1) is 10.9. The molecule has 3 N–H and O–H groups in total. The monoisotopic (exact) mass is 210 g/mol. The molecule has 0 heterocycles. The van der Waals surface area contributed by atoms with E-state index >= 15 is 0 Å². The molecule has 2 saturated carbocycles. The highest BCUT2D eigenvalue weighted by atomic mass is 16.1. The second-order valence-electron chi connectivity index (χ2n) is 5.18. The minimum atomic E-state index is -0.313. The molecule has 1 amide bonds. The van der Waals surface area contributed by atoms with Gasteiger partial charge in [0.15, 0.2) is 0 Å².